The van der Waals surface area contributed by atoms with Crippen LogP contribution in [0.4, 0.5) is 0 Å². The van der Waals surface area contributed by atoms with Gasteiger partial charge in [-0.25, -0.2) is 4.83 Å². The molecule has 2 rings (SSSR count). The molecular weight excluding hydrogens is 376 g/mol. The fourth-order valence-electron chi connectivity index (χ4n) is 2.78. The molecule has 23 heavy (non-hydrogen) atoms. The summed E-state index contributed by atoms with van der Waals surface area (Å²) in [7, 11) is -3.60. The van der Waals surface area contributed by atoms with E-state index >= 15 is 0 Å². The van der Waals surface area contributed by atoms with E-state index in [2.05, 4.69) is 46.6 Å². The van der Waals surface area contributed by atoms with Crippen LogP contribution in [-0.2, 0) is 10.0 Å². The van der Waals surface area contributed by atoms with Crippen LogP contribution in [0.25, 0.3) is 0 Å². The summed E-state index contributed by atoms with van der Waals surface area (Å²) in [6, 6.07) is 6.76. The van der Waals surface area contributed by atoms with Crippen molar-refractivity contribution in [3.05, 3.63) is 29.8 Å². The number of rotatable bonds is 3. The van der Waals surface area contributed by atoms with Gasteiger partial charge in [0, 0.05) is 0 Å². The van der Waals surface area contributed by atoms with Gasteiger partial charge in [0.1, 0.15) is 0 Å². The molecule has 1 aromatic carbocycles. The lowest BCUT2D eigenvalue weighted by Crippen LogP contribution is -2.34. The van der Waals surface area contributed by atoms with Crippen LogP contribution in [0.15, 0.2) is 34.3 Å². The van der Waals surface area contributed by atoms with Gasteiger partial charge < -0.3 is 0 Å². The lowest BCUT2D eigenvalue weighted by molar-refractivity contribution is 0.211. The van der Waals surface area contributed by atoms with Crippen molar-refractivity contribution in [2.45, 2.75) is 56.7 Å². The molecule has 0 heterocycles. The number of hydrogen-bond acceptors (Lipinski definition) is 3. The maximum absolute atomic E-state index is 12.3. The van der Waals surface area contributed by atoms with E-state index < -0.39 is 10.0 Å². The molecule has 0 radical (unpaired) electrons. The maximum atomic E-state index is 12.3. The average molecular weight is 401 g/mol. The highest BCUT2D eigenvalue weighted by Gasteiger charge is 2.33. The number of alkyl halides is 1. The van der Waals surface area contributed by atoms with E-state index in [4.69, 9.17) is 0 Å². The topological polar surface area (TPSA) is 58.5 Å². The fourth-order valence-corrected chi connectivity index (χ4v) is 4.40. The molecule has 0 unspecified atom stereocenters. The van der Waals surface area contributed by atoms with E-state index in [1.165, 1.54) is 0 Å². The summed E-state index contributed by atoms with van der Waals surface area (Å²) in [6.07, 6.45) is 2.83. The highest BCUT2D eigenvalue weighted by Crippen LogP contribution is 2.39. The van der Waals surface area contributed by atoms with Gasteiger partial charge in [-0.2, -0.15) is 13.5 Å². The van der Waals surface area contributed by atoms with Crippen LogP contribution in [0.2, 0.25) is 0 Å². The Morgan fingerprint density at radius 2 is 1.83 bits per heavy atom. The summed E-state index contributed by atoms with van der Waals surface area (Å²) in [5.41, 5.74) is 2.16. The molecule has 1 aliphatic carbocycles. The van der Waals surface area contributed by atoms with Crippen molar-refractivity contribution in [3.8, 4) is 0 Å². The number of sulfonamides is 1. The first kappa shape index (κ1) is 18.5. The van der Waals surface area contributed by atoms with Crippen LogP contribution in [0.1, 0.15) is 45.6 Å². The van der Waals surface area contributed by atoms with Crippen molar-refractivity contribution in [2.75, 3.05) is 0 Å². The Balaban J connectivity index is 2.07. The Morgan fingerprint density at radius 1 is 1.22 bits per heavy atom. The van der Waals surface area contributed by atoms with Crippen molar-refractivity contribution in [1.82, 2.24) is 4.83 Å². The molecule has 0 aliphatic heterocycles. The molecule has 0 amide bonds. The molecule has 0 spiro atoms. The summed E-state index contributed by atoms with van der Waals surface area (Å²) in [5, 5.41) is 4.18. The van der Waals surface area contributed by atoms with E-state index in [-0.39, 0.29) is 15.1 Å². The molecule has 0 bridgehead atoms. The number of nitrogens with zero attached hydrogens (tertiary/aromatic N) is 1. The Bertz CT molecular complexity index is 676. The van der Waals surface area contributed by atoms with Crippen LogP contribution >= 0.6 is 15.9 Å². The van der Waals surface area contributed by atoms with Crippen molar-refractivity contribution >= 4 is 31.7 Å². The Morgan fingerprint density at radius 3 is 2.35 bits per heavy atom. The first-order valence-corrected chi connectivity index (χ1v) is 10.3. The second-order valence-corrected chi connectivity index (χ2v) is 10.1. The predicted octanol–water partition coefficient (Wildman–Crippen LogP) is 4.24. The normalized spacial score (nSPS) is 24.7. The van der Waals surface area contributed by atoms with Crippen LogP contribution in [0, 0.1) is 18.3 Å². The van der Waals surface area contributed by atoms with E-state index in [0.717, 1.165) is 30.5 Å². The molecule has 1 aliphatic rings. The number of halogens is 1. The van der Waals surface area contributed by atoms with Crippen molar-refractivity contribution in [3.63, 3.8) is 0 Å². The highest BCUT2D eigenvalue weighted by molar-refractivity contribution is 9.10. The Labute approximate surface area is 147 Å². The molecular formula is C17H25BrN2O2S. The molecule has 4 nitrogen and oxygen atoms in total. The van der Waals surface area contributed by atoms with Gasteiger partial charge in [-0.15, -0.1) is 0 Å². The van der Waals surface area contributed by atoms with Gasteiger partial charge in [-0.3, -0.25) is 0 Å². The maximum Gasteiger partial charge on any atom is 0.276 e. The Kier molecular flexibility index (Phi) is 5.56. The minimum atomic E-state index is -3.60. The molecule has 1 N–H and O–H groups in total. The zero-order valence-corrected chi connectivity index (χ0v) is 16.5. The highest BCUT2D eigenvalue weighted by atomic mass is 79.9. The first-order valence-electron chi connectivity index (χ1n) is 7.88. The van der Waals surface area contributed by atoms with Crippen LogP contribution in [-0.4, -0.2) is 19.0 Å². The monoisotopic (exact) mass is 400 g/mol. The van der Waals surface area contributed by atoms with Crippen LogP contribution in [0.5, 0.6) is 0 Å². The van der Waals surface area contributed by atoms with Crippen molar-refractivity contribution < 1.29 is 8.42 Å². The number of benzene rings is 1. The number of hydrazone groups is 1. The van der Waals surface area contributed by atoms with Gasteiger partial charge in [0.2, 0.25) is 0 Å². The number of hydrogen-bond donors (Lipinski definition) is 1. The number of nitrogens with one attached hydrogen (secondary N) is 1. The van der Waals surface area contributed by atoms with Crippen LogP contribution < -0.4 is 4.83 Å². The molecule has 1 aromatic rings. The van der Waals surface area contributed by atoms with Gasteiger partial charge in [-0.1, -0.05) is 54.4 Å². The van der Waals surface area contributed by atoms with Gasteiger partial charge in [-0.05, 0) is 49.7 Å². The average Bonchev–Trinajstić information content (AvgIpc) is 2.45. The standard InChI is InChI=1S/C17H25BrN2O2S/c1-12-5-8-14(9-6-12)23(21,22)20-19-16-10-7-13(11-15(16)18)17(2,3)4/h5-6,8-9,13,15,20H,7,10-11H2,1-4H3/b19-16+/t13-,15-/m0/s1. The van der Waals surface area contributed by atoms with E-state index in [9.17, 15) is 8.42 Å². The quantitative estimate of drug-likeness (QED) is 0.609. The molecule has 6 heteroatoms. The minimum absolute atomic E-state index is 0.126. The molecule has 2 atom stereocenters. The zero-order chi connectivity index (χ0) is 17.3. The summed E-state index contributed by atoms with van der Waals surface area (Å²) in [6.45, 7) is 8.67. The summed E-state index contributed by atoms with van der Waals surface area (Å²) in [4.78, 5) is 2.74. The van der Waals surface area contributed by atoms with Crippen molar-refractivity contribution in [2.24, 2.45) is 16.4 Å². The smallest absolute Gasteiger partial charge is 0.200 e. The summed E-state index contributed by atoms with van der Waals surface area (Å²) in [5.74, 6) is 0.611. The summed E-state index contributed by atoms with van der Waals surface area (Å²) >= 11 is 3.66. The summed E-state index contributed by atoms with van der Waals surface area (Å²) < 4.78 is 24.6. The lowest BCUT2D eigenvalue weighted by Gasteiger charge is -2.36. The molecule has 0 saturated heterocycles. The first-order chi connectivity index (χ1) is 10.6. The SMILES string of the molecule is Cc1ccc(S(=O)(=O)N/N=C2\CC[C@H](C(C)(C)C)C[C@@H]2Br)cc1. The molecule has 128 valence electrons. The zero-order valence-electron chi connectivity index (χ0n) is 14.1. The second kappa shape index (κ2) is 6.93. The van der Waals surface area contributed by atoms with Crippen molar-refractivity contribution in [1.29, 1.82) is 0 Å². The minimum Gasteiger partial charge on any atom is -0.200 e. The predicted molar refractivity (Wildman–Crippen MR) is 98.4 cm³/mol. The van der Waals surface area contributed by atoms with Gasteiger partial charge >= 0.3 is 0 Å². The molecule has 0 aromatic heterocycles. The Hall–Kier alpha value is -0.880. The molecule has 1 fully saturated rings. The van der Waals surface area contributed by atoms with E-state index in [0.29, 0.717) is 5.92 Å². The fraction of sp³-hybridized carbons (Fsp3) is 0.588. The third-order valence-corrected chi connectivity index (χ3v) is 6.59. The molecule has 1 saturated carbocycles. The van der Waals surface area contributed by atoms with Crippen LogP contribution in [0.3, 0.4) is 0 Å². The lowest BCUT2D eigenvalue weighted by atomic mass is 9.72. The number of aryl methyl sites for hydroxylation is 1. The van der Waals surface area contributed by atoms with E-state index in [1.807, 2.05) is 6.92 Å². The van der Waals surface area contributed by atoms with Gasteiger partial charge in [0.25, 0.3) is 10.0 Å². The van der Waals surface area contributed by atoms with E-state index in [1.54, 1.807) is 24.3 Å². The third-order valence-electron chi connectivity index (χ3n) is 4.47. The second-order valence-electron chi connectivity index (χ2n) is 7.32. The third kappa shape index (κ3) is 4.80. The van der Waals surface area contributed by atoms with Gasteiger partial charge in [0.05, 0.1) is 15.4 Å². The largest absolute Gasteiger partial charge is 0.276 e. The van der Waals surface area contributed by atoms with Gasteiger partial charge in [0.15, 0.2) is 0 Å².